The summed E-state index contributed by atoms with van der Waals surface area (Å²) in [6.45, 7) is 6.73. The monoisotopic (exact) mass is 296 g/mol. The first kappa shape index (κ1) is 12.3. The summed E-state index contributed by atoms with van der Waals surface area (Å²) in [5.41, 5.74) is 2.12. The molecule has 0 radical (unpaired) electrons. The van der Waals surface area contributed by atoms with Gasteiger partial charge in [0.25, 0.3) is 11.8 Å². The van der Waals surface area contributed by atoms with Gasteiger partial charge in [0.15, 0.2) is 0 Å². The van der Waals surface area contributed by atoms with Crippen LogP contribution in [0.3, 0.4) is 0 Å². The number of rotatable bonds is 2. The van der Waals surface area contributed by atoms with E-state index in [-0.39, 0.29) is 29.1 Å². The molecule has 3 heterocycles. The Balaban J connectivity index is 1.96. The number of nitrogens with zero attached hydrogens (tertiary/aromatic N) is 4. The van der Waals surface area contributed by atoms with Crippen molar-refractivity contribution in [1.29, 1.82) is 0 Å². The third kappa shape index (κ3) is 1.35. The van der Waals surface area contributed by atoms with Crippen LogP contribution in [-0.2, 0) is 9.47 Å². The quantitative estimate of drug-likeness (QED) is 0.677. The van der Waals surface area contributed by atoms with Crippen molar-refractivity contribution in [1.82, 2.24) is 9.46 Å². The van der Waals surface area contributed by atoms with Crippen LogP contribution in [-0.4, -0.2) is 22.9 Å². The standard InChI is InChI=1S/C14H8N4O4/c1-15-12-13(16-2)22-14(21-12)9-7-3-5-17(19)10(7)11-8(9)4-6-18(11)20/h3-6H,1-2H2/q-2. The Morgan fingerprint density at radius 3 is 1.73 bits per heavy atom. The molecule has 8 heteroatoms. The van der Waals surface area contributed by atoms with Crippen molar-refractivity contribution >= 4 is 19.0 Å². The molecular weight excluding hydrogens is 288 g/mol. The van der Waals surface area contributed by atoms with Crippen LogP contribution in [0.4, 0.5) is 0 Å². The van der Waals surface area contributed by atoms with Gasteiger partial charge in [0.2, 0.25) is 0 Å². The van der Waals surface area contributed by atoms with Gasteiger partial charge in [-0.2, -0.15) is 0 Å². The minimum absolute atomic E-state index is 0.0793. The summed E-state index contributed by atoms with van der Waals surface area (Å²) in [6, 6.07) is 3.19. The Bertz CT molecular complexity index is 830. The molecular formula is C14H8N4O4-2. The lowest BCUT2D eigenvalue weighted by atomic mass is 10.1. The molecule has 2 aliphatic rings. The third-order valence-electron chi connectivity index (χ3n) is 3.52. The number of fused-ring (bicyclic) bond motifs is 3. The zero-order valence-electron chi connectivity index (χ0n) is 11.1. The van der Waals surface area contributed by atoms with Gasteiger partial charge in [-0.15, -0.1) is 0 Å². The van der Waals surface area contributed by atoms with E-state index in [1.54, 1.807) is 12.1 Å². The topological polar surface area (TPSA) is 99.2 Å². The van der Waals surface area contributed by atoms with Crippen LogP contribution in [0, 0.1) is 10.4 Å². The molecule has 2 aromatic heterocycles. The van der Waals surface area contributed by atoms with Crippen molar-refractivity contribution in [3.8, 4) is 11.4 Å². The van der Waals surface area contributed by atoms with Gasteiger partial charge < -0.3 is 29.3 Å². The number of hydrogen-bond donors (Lipinski definition) is 0. The van der Waals surface area contributed by atoms with E-state index in [0.29, 0.717) is 26.2 Å². The fraction of sp³-hybridized carbons (Fsp3) is 0. The third-order valence-corrected chi connectivity index (χ3v) is 3.52. The van der Waals surface area contributed by atoms with Crippen LogP contribution in [0.1, 0.15) is 11.1 Å². The fourth-order valence-corrected chi connectivity index (χ4v) is 2.65. The summed E-state index contributed by atoms with van der Waals surface area (Å²) >= 11 is 0. The predicted molar refractivity (Wildman–Crippen MR) is 79.7 cm³/mol. The number of hydrogen-bond acceptors (Lipinski definition) is 6. The van der Waals surface area contributed by atoms with E-state index < -0.39 is 0 Å². The molecule has 0 spiro atoms. The van der Waals surface area contributed by atoms with E-state index in [4.69, 9.17) is 9.47 Å². The number of aliphatic imine (C=N–C) groups is 2. The van der Waals surface area contributed by atoms with Gasteiger partial charge in [0.05, 0.1) is 17.0 Å². The molecule has 0 unspecified atom stereocenters. The summed E-state index contributed by atoms with van der Waals surface area (Å²) < 4.78 is 12.2. The normalized spacial score (nSPS) is 15.5. The smallest absolute Gasteiger partial charge is 0.302 e. The second-order valence-corrected chi connectivity index (χ2v) is 4.60. The zero-order valence-corrected chi connectivity index (χ0v) is 11.1. The Morgan fingerprint density at radius 2 is 1.32 bits per heavy atom. The SMILES string of the molecule is C=NC1=C(N=C)OC(=C2c3ccn([O-])c3-c3c2ccn3[O-])O1. The average Bonchev–Trinajstić information content (AvgIpc) is 3.23. The summed E-state index contributed by atoms with van der Waals surface area (Å²) in [5.74, 6) is 0.244. The molecule has 0 amide bonds. The maximum Gasteiger partial charge on any atom is 0.302 e. The molecule has 2 aromatic rings. The van der Waals surface area contributed by atoms with Crippen LogP contribution in [0.5, 0.6) is 0 Å². The molecule has 0 saturated carbocycles. The largest absolute Gasteiger partial charge is 0.805 e. The Labute approximate surface area is 124 Å². The second kappa shape index (κ2) is 4.04. The van der Waals surface area contributed by atoms with Gasteiger partial charge in [-0.3, -0.25) is 0 Å². The van der Waals surface area contributed by atoms with Gasteiger partial charge in [0, 0.05) is 11.1 Å². The summed E-state index contributed by atoms with van der Waals surface area (Å²) in [7, 11) is 0. The molecule has 0 bridgehead atoms. The van der Waals surface area contributed by atoms with E-state index in [9.17, 15) is 10.4 Å². The van der Waals surface area contributed by atoms with Crippen LogP contribution >= 0.6 is 0 Å². The second-order valence-electron chi connectivity index (χ2n) is 4.60. The van der Waals surface area contributed by atoms with E-state index in [1.807, 2.05) is 0 Å². The summed E-state index contributed by atoms with van der Waals surface area (Å²) in [4.78, 5) is 7.33. The molecule has 0 N–H and O–H groups in total. The van der Waals surface area contributed by atoms with Gasteiger partial charge in [-0.1, -0.05) is 0 Å². The Morgan fingerprint density at radius 1 is 0.864 bits per heavy atom. The zero-order chi connectivity index (χ0) is 15.4. The van der Waals surface area contributed by atoms with Gasteiger partial charge in [0.1, 0.15) is 0 Å². The average molecular weight is 296 g/mol. The van der Waals surface area contributed by atoms with Crippen molar-refractivity contribution in [2.75, 3.05) is 0 Å². The first-order valence-electron chi connectivity index (χ1n) is 6.22. The van der Waals surface area contributed by atoms with Crippen LogP contribution in [0.15, 0.2) is 52.2 Å². The molecule has 1 aliphatic carbocycles. The fourth-order valence-electron chi connectivity index (χ4n) is 2.65. The van der Waals surface area contributed by atoms with Gasteiger partial charge in [-0.05, 0) is 38.0 Å². The van der Waals surface area contributed by atoms with Crippen molar-refractivity contribution in [3.05, 3.63) is 63.8 Å². The minimum atomic E-state index is 0.0793. The van der Waals surface area contributed by atoms with E-state index in [0.717, 1.165) is 0 Å². The summed E-state index contributed by atoms with van der Waals surface area (Å²) in [5, 5.41) is 23.8. The highest BCUT2D eigenvalue weighted by atomic mass is 16.7. The molecule has 4 rings (SSSR count). The van der Waals surface area contributed by atoms with E-state index in [2.05, 4.69) is 23.4 Å². The van der Waals surface area contributed by atoms with Crippen molar-refractivity contribution in [2.24, 2.45) is 9.98 Å². The maximum atomic E-state index is 11.9. The molecule has 1 aliphatic heterocycles. The van der Waals surface area contributed by atoms with E-state index in [1.165, 1.54) is 12.4 Å². The van der Waals surface area contributed by atoms with Crippen molar-refractivity contribution in [2.45, 2.75) is 0 Å². The molecule has 0 saturated heterocycles. The number of aromatic nitrogens is 2. The van der Waals surface area contributed by atoms with Crippen LogP contribution in [0.25, 0.3) is 17.0 Å². The van der Waals surface area contributed by atoms with Crippen LogP contribution in [0.2, 0.25) is 0 Å². The first-order chi connectivity index (χ1) is 10.7. The first-order valence-corrected chi connectivity index (χ1v) is 6.22. The highest BCUT2D eigenvalue weighted by Crippen LogP contribution is 2.48. The molecule has 0 atom stereocenters. The molecule has 0 aromatic carbocycles. The number of ether oxygens (including phenoxy) is 2. The lowest BCUT2D eigenvalue weighted by Crippen LogP contribution is -1.92. The molecule has 8 nitrogen and oxygen atoms in total. The lowest BCUT2D eigenvalue weighted by molar-refractivity contribution is 0.179. The minimum Gasteiger partial charge on any atom is -0.805 e. The van der Waals surface area contributed by atoms with Gasteiger partial charge >= 0.3 is 5.95 Å². The highest BCUT2D eigenvalue weighted by molar-refractivity contribution is 6.00. The van der Waals surface area contributed by atoms with Crippen molar-refractivity contribution < 1.29 is 9.47 Å². The van der Waals surface area contributed by atoms with Crippen LogP contribution < -0.4 is 0 Å². The molecule has 22 heavy (non-hydrogen) atoms. The molecule has 110 valence electrons. The maximum absolute atomic E-state index is 11.9. The van der Waals surface area contributed by atoms with E-state index >= 15 is 0 Å². The molecule has 0 fully saturated rings. The van der Waals surface area contributed by atoms with Crippen molar-refractivity contribution in [3.63, 3.8) is 0 Å². The lowest BCUT2D eigenvalue weighted by Gasteiger charge is -2.16. The highest BCUT2D eigenvalue weighted by Gasteiger charge is 2.35. The summed E-state index contributed by atoms with van der Waals surface area (Å²) in [6.07, 6.45) is 2.64. The Kier molecular flexibility index (Phi) is 2.27. The van der Waals surface area contributed by atoms with Gasteiger partial charge in [-0.25, -0.2) is 9.98 Å². The Hall–Kier alpha value is -3.42. The predicted octanol–water partition coefficient (Wildman–Crippen LogP) is 2.25.